The summed E-state index contributed by atoms with van der Waals surface area (Å²) in [7, 11) is 1.63. The van der Waals surface area contributed by atoms with Gasteiger partial charge in [-0.05, 0) is 18.8 Å². The highest BCUT2D eigenvalue weighted by molar-refractivity contribution is 5.81. The van der Waals surface area contributed by atoms with Crippen LogP contribution in [-0.4, -0.2) is 43.7 Å². The van der Waals surface area contributed by atoms with E-state index in [1.54, 1.807) is 7.11 Å². The van der Waals surface area contributed by atoms with Crippen molar-refractivity contribution in [3.8, 4) is 0 Å². The summed E-state index contributed by atoms with van der Waals surface area (Å²) >= 11 is 0. The highest BCUT2D eigenvalue weighted by atomic mass is 16.5. The second-order valence-electron chi connectivity index (χ2n) is 4.24. The van der Waals surface area contributed by atoms with Crippen molar-refractivity contribution in [2.75, 3.05) is 26.8 Å². The monoisotopic (exact) mass is 214 g/mol. The standard InChI is InChI=1S/C11H22N2O2/c1-3-9-4-6-13(8-9)11(14)10(12)5-7-15-2/h9-10H,3-8,12H2,1-2H3. The number of hydrogen-bond acceptors (Lipinski definition) is 3. The van der Waals surface area contributed by atoms with Crippen molar-refractivity contribution in [2.45, 2.75) is 32.2 Å². The number of likely N-dealkylation sites (tertiary alicyclic amines) is 1. The van der Waals surface area contributed by atoms with Crippen molar-refractivity contribution in [1.29, 1.82) is 0 Å². The smallest absolute Gasteiger partial charge is 0.239 e. The lowest BCUT2D eigenvalue weighted by Crippen LogP contribution is -2.43. The van der Waals surface area contributed by atoms with Gasteiger partial charge in [0.2, 0.25) is 5.91 Å². The predicted octanol–water partition coefficient (Wildman–Crippen LogP) is 0.609. The Balaban J connectivity index is 2.33. The molecule has 1 saturated heterocycles. The van der Waals surface area contributed by atoms with Gasteiger partial charge in [-0.3, -0.25) is 4.79 Å². The van der Waals surface area contributed by atoms with E-state index < -0.39 is 0 Å². The van der Waals surface area contributed by atoms with Crippen LogP contribution in [0.25, 0.3) is 0 Å². The minimum atomic E-state index is -0.388. The van der Waals surface area contributed by atoms with Gasteiger partial charge >= 0.3 is 0 Å². The molecule has 1 fully saturated rings. The topological polar surface area (TPSA) is 55.6 Å². The number of nitrogens with zero attached hydrogens (tertiary/aromatic N) is 1. The van der Waals surface area contributed by atoms with E-state index in [4.69, 9.17) is 10.5 Å². The Morgan fingerprint density at radius 2 is 2.40 bits per heavy atom. The fraction of sp³-hybridized carbons (Fsp3) is 0.909. The van der Waals surface area contributed by atoms with Crippen molar-refractivity contribution in [2.24, 2.45) is 11.7 Å². The number of hydrogen-bond donors (Lipinski definition) is 1. The van der Waals surface area contributed by atoms with Crippen LogP contribution in [0.3, 0.4) is 0 Å². The summed E-state index contributed by atoms with van der Waals surface area (Å²) in [4.78, 5) is 13.8. The van der Waals surface area contributed by atoms with Crippen molar-refractivity contribution in [1.82, 2.24) is 4.90 Å². The predicted molar refractivity (Wildman–Crippen MR) is 59.4 cm³/mol. The number of amides is 1. The molecule has 0 spiro atoms. The van der Waals surface area contributed by atoms with Crippen molar-refractivity contribution < 1.29 is 9.53 Å². The average Bonchev–Trinajstić information content (AvgIpc) is 2.73. The van der Waals surface area contributed by atoms with Gasteiger partial charge < -0.3 is 15.4 Å². The molecule has 0 radical (unpaired) electrons. The number of methoxy groups -OCH3 is 1. The van der Waals surface area contributed by atoms with Crippen LogP contribution >= 0.6 is 0 Å². The highest BCUT2D eigenvalue weighted by Crippen LogP contribution is 2.19. The van der Waals surface area contributed by atoms with Crippen LogP contribution in [0.15, 0.2) is 0 Å². The molecule has 15 heavy (non-hydrogen) atoms. The molecule has 1 aliphatic heterocycles. The van der Waals surface area contributed by atoms with E-state index >= 15 is 0 Å². The molecule has 2 unspecified atom stereocenters. The van der Waals surface area contributed by atoms with Crippen molar-refractivity contribution >= 4 is 5.91 Å². The Bertz CT molecular complexity index is 209. The second kappa shape index (κ2) is 6.08. The number of carbonyl (C=O) groups is 1. The maximum Gasteiger partial charge on any atom is 0.239 e. The second-order valence-corrected chi connectivity index (χ2v) is 4.24. The Hall–Kier alpha value is -0.610. The van der Waals surface area contributed by atoms with E-state index in [1.165, 1.54) is 0 Å². The maximum absolute atomic E-state index is 11.9. The number of carbonyl (C=O) groups excluding carboxylic acids is 1. The molecule has 1 heterocycles. The molecule has 1 amide bonds. The van der Waals surface area contributed by atoms with Gasteiger partial charge in [0.1, 0.15) is 0 Å². The molecule has 4 heteroatoms. The van der Waals surface area contributed by atoms with Gasteiger partial charge in [0.25, 0.3) is 0 Å². The summed E-state index contributed by atoms with van der Waals surface area (Å²) in [5, 5.41) is 0. The molecule has 0 aliphatic carbocycles. The molecular weight excluding hydrogens is 192 g/mol. The van der Waals surface area contributed by atoms with Gasteiger partial charge in [-0.15, -0.1) is 0 Å². The van der Waals surface area contributed by atoms with Crippen LogP contribution in [0.2, 0.25) is 0 Å². The summed E-state index contributed by atoms with van der Waals surface area (Å²) in [6.07, 6.45) is 2.89. The van der Waals surface area contributed by atoms with Crippen LogP contribution in [0, 0.1) is 5.92 Å². The van der Waals surface area contributed by atoms with Gasteiger partial charge in [0.05, 0.1) is 6.04 Å². The Morgan fingerprint density at radius 1 is 1.67 bits per heavy atom. The minimum Gasteiger partial charge on any atom is -0.385 e. The van der Waals surface area contributed by atoms with E-state index in [2.05, 4.69) is 6.92 Å². The first kappa shape index (κ1) is 12.5. The van der Waals surface area contributed by atoms with Crippen LogP contribution in [0.1, 0.15) is 26.2 Å². The Morgan fingerprint density at radius 3 is 2.93 bits per heavy atom. The average molecular weight is 214 g/mol. The quantitative estimate of drug-likeness (QED) is 0.729. The maximum atomic E-state index is 11.9. The minimum absolute atomic E-state index is 0.0861. The van der Waals surface area contributed by atoms with E-state index in [0.29, 0.717) is 18.9 Å². The van der Waals surface area contributed by atoms with Gasteiger partial charge in [0, 0.05) is 26.8 Å². The Labute approximate surface area is 91.8 Å². The third-order valence-electron chi connectivity index (χ3n) is 3.13. The zero-order valence-electron chi connectivity index (χ0n) is 9.74. The van der Waals surface area contributed by atoms with Crippen LogP contribution in [-0.2, 0) is 9.53 Å². The van der Waals surface area contributed by atoms with Crippen molar-refractivity contribution in [3.63, 3.8) is 0 Å². The summed E-state index contributed by atoms with van der Waals surface area (Å²) in [6, 6.07) is -0.388. The lowest BCUT2D eigenvalue weighted by Gasteiger charge is -2.20. The van der Waals surface area contributed by atoms with Gasteiger partial charge in [-0.2, -0.15) is 0 Å². The highest BCUT2D eigenvalue weighted by Gasteiger charge is 2.27. The molecule has 0 saturated carbocycles. The van der Waals surface area contributed by atoms with E-state index in [9.17, 15) is 4.79 Å². The molecule has 1 aliphatic rings. The third-order valence-corrected chi connectivity index (χ3v) is 3.13. The lowest BCUT2D eigenvalue weighted by atomic mass is 10.1. The fourth-order valence-corrected chi connectivity index (χ4v) is 1.97. The number of ether oxygens (including phenoxy) is 1. The van der Waals surface area contributed by atoms with E-state index in [1.807, 2.05) is 4.90 Å². The Kier molecular flexibility index (Phi) is 5.05. The molecule has 0 aromatic heterocycles. The van der Waals surface area contributed by atoms with Crippen LogP contribution in [0.5, 0.6) is 0 Å². The lowest BCUT2D eigenvalue weighted by molar-refractivity contribution is -0.132. The van der Waals surface area contributed by atoms with Crippen molar-refractivity contribution in [3.05, 3.63) is 0 Å². The third kappa shape index (κ3) is 3.47. The molecule has 88 valence electrons. The van der Waals surface area contributed by atoms with Gasteiger partial charge in [0.15, 0.2) is 0 Å². The molecule has 1 rings (SSSR count). The van der Waals surface area contributed by atoms with Gasteiger partial charge in [-0.1, -0.05) is 13.3 Å². The first-order valence-electron chi connectivity index (χ1n) is 5.72. The largest absolute Gasteiger partial charge is 0.385 e. The number of nitrogens with two attached hydrogens (primary N) is 1. The number of rotatable bonds is 5. The van der Waals surface area contributed by atoms with Crippen LogP contribution in [0.4, 0.5) is 0 Å². The first-order chi connectivity index (χ1) is 7.19. The zero-order valence-corrected chi connectivity index (χ0v) is 9.74. The molecule has 0 bridgehead atoms. The molecule has 0 aromatic rings. The van der Waals surface area contributed by atoms with E-state index in [-0.39, 0.29) is 11.9 Å². The summed E-state index contributed by atoms with van der Waals surface area (Å²) in [5.74, 6) is 0.756. The van der Waals surface area contributed by atoms with E-state index in [0.717, 1.165) is 25.9 Å². The normalized spacial score (nSPS) is 23.1. The summed E-state index contributed by atoms with van der Waals surface area (Å²) in [5.41, 5.74) is 5.80. The SMILES string of the molecule is CCC1CCN(C(=O)C(N)CCOC)C1. The van der Waals surface area contributed by atoms with Gasteiger partial charge in [-0.25, -0.2) is 0 Å². The molecule has 4 nitrogen and oxygen atoms in total. The zero-order chi connectivity index (χ0) is 11.3. The summed E-state index contributed by atoms with van der Waals surface area (Å²) < 4.78 is 4.92. The molecular formula is C11H22N2O2. The fourth-order valence-electron chi connectivity index (χ4n) is 1.97. The molecule has 2 atom stereocenters. The first-order valence-corrected chi connectivity index (χ1v) is 5.72. The van der Waals surface area contributed by atoms with Crippen LogP contribution < -0.4 is 5.73 Å². The molecule has 2 N–H and O–H groups in total. The molecule has 0 aromatic carbocycles. The summed E-state index contributed by atoms with van der Waals surface area (Å²) in [6.45, 7) is 4.48.